The topological polar surface area (TPSA) is 75.9 Å². The average Bonchev–Trinajstić information content (AvgIpc) is 3.19. The van der Waals surface area contributed by atoms with E-state index in [1.54, 1.807) is 34.6 Å². The van der Waals surface area contributed by atoms with Crippen LogP contribution in [0, 0.1) is 13.8 Å². The van der Waals surface area contributed by atoms with E-state index in [0.29, 0.717) is 5.69 Å². The Morgan fingerprint density at radius 3 is 2.73 bits per heavy atom. The van der Waals surface area contributed by atoms with E-state index in [0.717, 1.165) is 36.6 Å². The van der Waals surface area contributed by atoms with Crippen LogP contribution in [0.2, 0.25) is 0 Å². The van der Waals surface area contributed by atoms with Crippen LogP contribution in [0.4, 0.5) is 5.82 Å². The largest absolute Gasteiger partial charge is 0.356 e. The number of aryl methyl sites for hydroxylation is 3. The minimum atomic E-state index is -0.0993. The molecule has 1 saturated heterocycles. The highest BCUT2D eigenvalue weighted by molar-refractivity contribution is 7.18. The molecular weight excluding hydrogens is 348 g/mol. The van der Waals surface area contributed by atoms with Gasteiger partial charge in [0.1, 0.15) is 22.7 Å². The summed E-state index contributed by atoms with van der Waals surface area (Å²) in [5, 5.41) is 8.44. The number of fused-ring (bicyclic) bond motifs is 1. The van der Waals surface area contributed by atoms with Crippen LogP contribution >= 0.6 is 11.3 Å². The maximum atomic E-state index is 12.3. The van der Waals surface area contributed by atoms with Crippen molar-refractivity contribution in [1.82, 2.24) is 25.1 Å². The lowest BCUT2D eigenvalue weighted by atomic mass is 10.0. The van der Waals surface area contributed by atoms with Gasteiger partial charge in [-0.2, -0.15) is 5.10 Å². The number of nitrogens with zero attached hydrogens (tertiary/aromatic N) is 5. The number of amides is 1. The van der Waals surface area contributed by atoms with Crippen molar-refractivity contribution in [2.24, 2.45) is 7.05 Å². The predicted octanol–water partition coefficient (Wildman–Crippen LogP) is 2.44. The lowest BCUT2D eigenvalue weighted by Crippen LogP contribution is -2.45. The lowest BCUT2D eigenvalue weighted by Gasteiger charge is -2.33. The Kier molecular flexibility index (Phi) is 4.36. The van der Waals surface area contributed by atoms with Gasteiger partial charge in [0.25, 0.3) is 5.91 Å². The van der Waals surface area contributed by atoms with Gasteiger partial charge in [-0.25, -0.2) is 9.97 Å². The highest BCUT2D eigenvalue weighted by Gasteiger charge is 2.25. The fourth-order valence-electron chi connectivity index (χ4n) is 3.43. The molecule has 0 aliphatic carbocycles. The number of carbonyl (C=O) groups excluding carboxylic acids is 1. The molecule has 1 fully saturated rings. The molecule has 136 valence electrons. The van der Waals surface area contributed by atoms with Gasteiger partial charge in [0, 0.05) is 37.3 Å². The minimum Gasteiger partial charge on any atom is -0.356 e. The maximum absolute atomic E-state index is 12.3. The molecule has 26 heavy (non-hydrogen) atoms. The number of hydrogen-bond donors (Lipinski definition) is 1. The standard InChI is InChI=1S/C18H22N6OS/c1-11-12(2)26-18-15(11)16(19-10-20-18)24-8-4-13(5-9-24)21-17(25)14-6-7-23(3)22-14/h6-7,10,13H,4-5,8-9H2,1-3H3,(H,21,25). The molecule has 3 aromatic heterocycles. The van der Waals surface area contributed by atoms with E-state index in [2.05, 4.69) is 39.1 Å². The summed E-state index contributed by atoms with van der Waals surface area (Å²) in [4.78, 5) is 25.9. The van der Waals surface area contributed by atoms with Gasteiger partial charge in [-0.05, 0) is 38.3 Å². The lowest BCUT2D eigenvalue weighted by molar-refractivity contribution is 0.0925. The number of rotatable bonds is 3. The van der Waals surface area contributed by atoms with E-state index in [-0.39, 0.29) is 11.9 Å². The van der Waals surface area contributed by atoms with Gasteiger partial charge in [-0.1, -0.05) is 0 Å². The van der Waals surface area contributed by atoms with Crippen molar-refractivity contribution < 1.29 is 4.79 Å². The molecule has 0 bridgehead atoms. The van der Waals surface area contributed by atoms with Crippen LogP contribution in [-0.4, -0.2) is 44.8 Å². The van der Waals surface area contributed by atoms with E-state index in [1.807, 2.05) is 7.05 Å². The van der Waals surface area contributed by atoms with Crippen molar-refractivity contribution in [1.29, 1.82) is 0 Å². The Morgan fingerprint density at radius 2 is 2.04 bits per heavy atom. The van der Waals surface area contributed by atoms with Crippen molar-refractivity contribution in [2.75, 3.05) is 18.0 Å². The molecule has 0 aromatic carbocycles. The summed E-state index contributed by atoms with van der Waals surface area (Å²) in [7, 11) is 1.81. The van der Waals surface area contributed by atoms with Crippen LogP contribution in [-0.2, 0) is 7.05 Å². The number of aromatic nitrogens is 4. The molecule has 1 aliphatic rings. The molecular formula is C18H22N6OS. The summed E-state index contributed by atoms with van der Waals surface area (Å²) in [6.45, 7) is 6.01. The van der Waals surface area contributed by atoms with Crippen LogP contribution in [0.3, 0.4) is 0 Å². The number of thiophene rings is 1. The quantitative estimate of drug-likeness (QED) is 0.766. The number of carbonyl (C=O) groups is 1. The fourth-order valence-corrected chi connectivity index (χ4v) is 4.43. The highest BCUT2D eigenvalue weighted by atomic mass is 32.1. The summed E-state index contributed by atoms with van der Waals surface area (Å²) in [6, 6.07) is 1.91. The number of hydrogen-bond acceptors (Lipinski definition) is 6. The Labute approximate surface area is 156 Å². The Hall–Kier alpha value is -2.48. The highest BCUT2D eigenvalue weighted by Crippen LogP contribution is 2.35. The molecule has 4 rings (SSSR count). The van der Waals surface area contributed by atoms with Crippen molar-refractivity contribution in [2.45, 2.75) is 32.7 Å². The predicted molar refractivity (Wildman–Crippen MR) is 103 cm³/mol. The van der Waals surface area contributed by atoms with E-state index in [1.165, 1.54) is 15.8 Å². The monoisotopic (exact) mass is 370 g/mol. The second-order valence-electron chi connectivity index (χ2n) is 6.77. The molecule has 0 unspecified atom stereocenters. The van der Waals surface area contributed by atoms with Gasteiger partial charge in [0.2, 0.25) is 0 Å². The Bertz CT molecular complexity index is 954. The Balaban J connectivity index is 1.45. The molecule has 0 saturated carbocycles. The van der Waals surface area contributed by atoms with Gasteiger partial charge in [0.05, 0.1) is 5.39 Å². The third kappa shape index (κ3) is 3.05. The first-order valence-electron chi connectivity index (χ1n) is 8.79. The summed E-state index contributed by atoms with van der Waals surface area (Å²) < 4.78 is 1.64. The summed E-state index contributed by atoms with van der Waals surface area (Å²) >= 11 is 1.72. The van der Waals surface area contributed by atoms with E-state index in [4.69, 9.17) is 0 Å². The second kappa shape index (κ2) is 6.68. The average molecular weight is 370 g/mol. The molecule has 1 N–H and O–H groups in total. The van der Waals surface area contributed by atoms with Gasteiger partial charge < -0.3 is 10.2 Å². The van der Waals surface area contributed by atoms with Crippen LogP contribution < -0.4 is 10.2 Å². The van der Waals surface area contributed by atoms with Crippen LogP contribution in [0.15, 0.2) is 18.6 Å². The molecule has 0 atom stereocenters. The molecule has 1 aliphatic heterocycles. The van der Waals surface area contributed by atoms with Gasteiger partial charge in [0.15, 0.2) is 0 Å². The zero-order valence-corrected chi connectivity index (χ0v) is 16.0. The molecule has 4 heterocycles. The molecule has 7 nitrogen and oxygen atoms in total. The minimum absolute atomic E-state index is 0.0993. The van der Waals surface area contributed by atoms with Crippen molar-refractivity contribution in [3.63, 3.8) is 0 Å². The van der Waals surface area contributed by atoms with Crippen molar-refractivity contribution >= 4 is 33.3 Å². The first kappa shape index (κ1) is 17.0. The first-order valence-corrected chi connectivity index (χ1v) is 9.60. The number of nitrogens with one attached hydrogen (secondary N) is 1. The maximum Gasteiger partial charge on any atom is 0.271 e. The fraction of sp³-hybridized carbons (Fsp3) is 0.444. The van der Waals surface area contributed by atoms with Crippen LogP contribution in [0.1, 0.15) is 33.8 Å². The van der Waals surface area contributed by atoms with E-state index in [9.17, 15) is 4.79 Å². The molecule has 0 spiro atoms. The summed E-state index contributed by atoms with van der Waals surface area (Å²) in [6.07, 6.45) is 5.23. The molecule has 8 heteroatoms. The second-order valence-corrected chi connectivity index (χ2v) is 7.97. The summed E-state index contributed by atoms with van der Waals surface area (Å²) in [5.41, 5.74) is 1.74. The van der Waals surface area contributed by atoms with Crippen LogP contribution in [0.5, 0.6) is 0 Å². The third-order valence-electron chi connectivity index (χ3n) is 5.02. The van der Waals surface area contributed by atoms with Gasteiger partial charge >= 0.3 is 0 Å². The SMILES string of the molecule is Cc1sc2ncnc(N3CCC(NC(=O)c4ccn(C)n4)CC3)c2c1C. The van der Waals surface area contributed by atoms with Crippen molar-refractivity contribution in [3.8, 4) is 0 Å². The third-order valence-corrected chi connectivity index (χ3v) is 6.14. The number of piperidine rings is 1. The molecule has 0 radical (unpaired) electrons. The van der Waals surface area contributed by atoms with Gasteiger partial charge in [-0.3, -0.25) is 9.48 Å². The first-order chi connectivity index (χ1) is 12.5. The van der Waals surface area contributed by atoms with E-state index < -0.39 is 0 Å². The Morgan fingerprint density at radius 1 is 1.27 bits per heavy atom. The zero-order valence-electron chi connectivity index (χ0n) is 15.2. The van der Waals surface area contributed by atoms with Crippen molar-refractivity contribution in [3.05, 3.63) is 34.7 Å². The van der Waals surface area contributed by atoms with Crippen LogP contribution in [0.25, 0.3) is 10.2 Å². The smallest absolute Gasteiger partial charge is 0.271 e. The normalized spacial score (nSPS) is 15.6. The number of anilines is 1. The van der Waals surface area contributed by atoms with Gasteiger partial charge in [-0.15, -0.1) is 11.3 Å². The molecule has 3 aromatic rings. The zero-order chi connectivity index (χ0) is 18.3. The van der Waals surface area contributed by atoms with E-state index >= 15 is 0 Å². The summed E-state index contributed by atoms with van der Waals surface area (Å²) in [5.74, 6) is 0.920. The molecule has 1 amide bonds.